The van der Waals surface area contributed by atoms with Crippen molar-refractivity contribution < 1.29 is 9.59 Å². The standard InChI is InChI=1S/C21H21N5O2/c22-20-18(13-24-26(20)17-8-2-1-3-9-17)19(27)16-7-5-11-25(14-16)21(28)15-6-4-10-23-12-15/h1-4,6,8-10,12-13,16H,5,7,11,14,22H2/t16-/m1/s1. The highest BCUT2D eigenvalue weighted by molar-refractivity contribution is 6.02. The van der Waals surface area contributed by atoms with Crippen molar-refractivity contribution >= 4 is 17.5 Å². The Morgan fingerprint density at radius 3 is 2.64 bits per heavy atom. The van der Waals surface area contributed by atoms with Crippen LogP contribution >= 0.6 is 0 Å². The fraction of sp³-hybridized carbons (Fsp3) is 0.238. The van der Waals surface area contributed by atoms with Gasteiger partial charge in [0.25, 0.3) is 5.91 Å². The van der Waals surface area contributed by atoms with Gasteiger partial charge in [-0.3, -0.25) is 14.6 Å². The quantitative estimate of drug-likeness (QED) is 0.708. The number of likely N-dealkylation sites (tertiary alicyclic amines) is 1. The van der Waals surface area contributed by atoms with Crippen molar-refractivity contribution in [3.63, 3.8) is 0 Å². The van der Waals surface area contributed by atoms with E-state index in [-0.39, 0.29) is 17.6 Å². The maximum Gasteiger partial charge on any atom is 0.255 e. The van der Waals surface area contributed by atoms with Gasteiger partial charge in [0.2, 0.25) is 0 Å². The number of aromatic nitrogens is 3. The lowest BCUT2D eigenvalue weighted by Gasteiger charge is -2.32. The number of nitrogen functional groups attached to an aromatic ring is 1. The molecule has 2 N–H and O–H groups in total. The second kappa shape index (κ2) is 7.64. The third kappa shape index (κ3) is 3.38. The Morgan fingerprint density at radius 1 is 1.07 bits per heavy atom. The Labute approximate surface area is 162 Å². The van der Waals surface area contributed by atoms with Gasteiger partial charge in [0.1, 0.15) is 5.82 Å². The number of nitrogens with zero attached hydrogens (tertiary/aromatic N) is 4. The van der Waals surface area contributed by atoms with Crippen molar-refractivity contribution in [2.45, 2.75) is 12.8 Å². The van der Waals surface area contributed by atoms with Crippen LogP contribution in [0.3, 0.4) is 0 Å². The lowest BCUT2D eigenvalue weighted by atomic mass is 9.90. The Hall–Kier alpha value is -3.48. The normalized spacial score (nSPS) is 16.7. The summed E-state index contributed by atoms with van der Waals surface area (Å²) in [6, 6.07) is 12.9. The van der Waals surface area contributed by atoms with Crippen molar-refractivity contribution in [1.82, 2.24) is 19.7 Å². The molecular formula is C21H21N5O2. The van der Waals surface area contributed by atoms with Crippen LogP contribution in [0.2, 0.25) is 0 Å². The summed E-state index contributed by atoms with van der Waals surface area (Å²) in [6.45, 7) is 1.01. The Morgan fingerprint density at radius 2 is 1.89 bits per heavy atom. The molecule has 0 spiro atoms. The highest BCUT2D eigenvalue weighted by Gasteiger charge is 2.31. The topological polar surface area (TPSA) is 94.1 Å². The summed E-state index contributed by atoms with van der Waals surface area (Å²) < 4.78 is 1.56. The first-order valence-corrected chi connectivity index (χ1v) is 9.27. The number of ketones is 1. The maximum absolute atomic E-state index is 13.1. The van der Waals surface area contributed by atoms with Gasteiger partial charge >= 0.3 is 0 Å². The number of piperidine rings is 1. The van der Waals surface area contributed by atoms with E-state index in [0.717, 1.165) is 18.5 Å². The van der Waals surface area contributed by atoms with E-state index in [1.807, 2.05) is 30.3 Å². The number of hydrogen-bond acceptors (Lipinski definition) is 5. The Bertz CT molecular complexity index is 985. The number of nitrogens with two attached hydrogens (primary N) is 1. The van der Waals surface area contributed by atoms with Gasteiger partial charge in [-0.25, -0.2) is 4.68 Å². The number of Topliss-reactive ketones (excluding diaryl/α,β-unsaturated/α-hetero) is 1. The number of anilines is 1. The number of rotatable bonds is 4. The number of amides is 1. The van der Waals surface area contributed by atoms with Crippen LogP contribution in [-0.4, -0.2) is 44.4 Å². The van der Waals surface area contributed by atoms with Gasteiger partial charge in [0.15, 0.2) is 5.78 Å². The molecule has 1 saturated heterocycles. The molecule has 7 heteroatoms. The molecule has 0 aliphatic carbocycles. The third-order valence-corrected chi connectivity index (χ3v) is 5.06. The van der Waals surface area contributed by atoms with Crippen LogP contribution in [0.5, 0.6) is 0 Å². The molecule has 28 heavy (non-hydrogen) atoms. The maximum atomic E-state index is 13.1. The van der Waals surface area contributed by atoms with Crippen LogP contribution in [0.4, 0.5) is 5.82 Å². The second-order valence-corrected chi connectivity index (χ2v) is 6.89. The highest BCUT2D eigenvalue weighted by Crippen LogP contribution is 2.26. The van der Waals surface area contributed by atoms with Crippen LogP contribution in [0.15, 0.2) is 61.1 Å². The molecule has 1 amide bonds. The first-order valence-electron chi connectivity index (χ1n) is 9.27. The zero-order chi connectivity index (χ0) is 19.5. The van der Waals surface area contributed by atoms with Gasteiger partial charge in [-0.2, -0.15) is 5.10 Å². The fourth-order valence-electron chi connectivity index (χ4n) is 3.59. The molecule has 1 fully saturated rings. The first-order chi connectivity index (χ1) is 13.6. The van der Waals surface area contributed by atoms with E-state index < -0.39 is 0 Å². The van der Waals surface area contributed by atoms with Crippen molar-refractivity contribution in [3.8, 4) is 5.69 Å². The van der Waals surface area contributed by atoms with E-state index in [2.05, 4.69) is 10.1 Å². The summed E-state index contributed by atoms with van der Waals surface area (Å²) in [5.74, 6) is -0.126. The number of benzene rings is 1. The number of carbonyl (C=O) groups is 2. The predicted octanol–water partition coefficient (Wildman–Crippen LogP) is 2.58. The average molecular weight is 375 g/mol. The van der Waals surface area contributed by atoms with Crippen LogP contribution in [0.1, 0.15) is 33.6 Å². The molecule has 4 rings (SSSR count). The number of hydrogen-bond donors (Lipinski definition) is 1. The summed E-state index contributed by atoms with van der Waals surface area (Å²) in [5.41, 5.74) is 7.96. The van der Waals surface area contributed by atoms with Crippen LogP contribution in [0, 0.1) is 5.92 Å². The first kappa shape index (κ1) is 17.9. The van der Waals surface area contributed by atoms with Crippen molar-refractivity contribution in [1.29, 1.82) is 0 Å². The molecule has 0 saturated carbocycles. The average Bonchev–Trinajstić information content (AvgIpc) is 3.15. The fourth-order valence-corrected chi connectivity index (χ4v) is 3.59. The van der Waals surface area contributed by atoms with Gasteiger partial charge in [0.05, 0.1) is 23.0 Å². The summed E-state index contributed by atoms with van der Waals surface area (Å²) in [5, 5.41) is 4.29. The molecule has 2 aromatic heterocycles. The van der Waals surface area contributed by atoms with E-state index in [1.165, 1.54) is 6.20 Å². The van der Waals surface area contributed by atoms with E-state index in [4.69, 9.17) is 5.73 Å². The van der Waals surface area contributed by atoms with Crippen LogP contribution < -0.4 is 5.73 Å². The monoisotopic (exact) mass is 375 g/mol. The molecule has 0 radical (unpaired) electrons. The lowest BCUT2D eigenvalue weighted by molar-refractivity contribution is 0.0637. The molecule has 1 atom stereocenters. The van der Waals surface area contributed by atoms with E-state index in [9.17, 15) is 9.59 Å². The number of para-hydroxylation sites is 1. The third-order valence-electron chi connectivity index (χ3n) is 5.06. The van der Waals surface area contributed by atoms with Gasteiger partial charge in [-0.1, -0.05) is 18.2 Å². The molecule has 7 nitrogen and oxygen atoms in total. The highest BCUT2D eigenvalue weighted by atomic mass is 16.2. The van der Waals surface area contributed by atoms with E-state index in [0.29, 0.717) is 30.0 Å². The zero-order valence-electron chi connectivity index (χ0n) is 15.4. The SMILES string of the molecule is Nc1c(C(=O)[C@@H]2CCCN(C(=O)c3cccnc3)C2)cnn1-c1ccccc1. The molecule has 1 aliphatic rings. The minimum Gasteiger partial charge on any atom is -0.383 e. The summed E-state index contributed by atoms with van der Waals surface area (Å²) in [4.78, 5) is 31.5. The van der Waals surface area contributed by atoms with Gasteiger partial charge < -0.3 is 10.6 Å². The smallest absolute Gasteiger partial charge is 0.255 e. The van der Waals surface area contributed by atoms with Crippen LogP contribution in [0.25, 0.3) is 5.69 Å². The largest absolute Gasteiger partial charge is 0.383 e. The minimum atomic E-state index is -0.287. The summed E-state index contributed by atoms with van der Waals surface area (Å²) >= 11 is 0. The number of pyridine rings is 1. The van der Waals surface area contributed by atoms with Crippen LogP contribution in [-0.2, 0) is 0 Å². The van der Waals surface area contributed by atoms with Crippen molar-refractivity contribution in [2.24, 2.45) is 5.92 Å². The minimum absolute atomic E-state index is 0.0663. The molecule has 3 aromatic rings. The predicted molar refractivity (Wildman–Crippen MR) is 105 cm³/mol. The number of carbonyl (C=O) groups excluding carboxylic acids is 2. The van der Waals surface area contributed by atoms with Gasteiger partial charge in [-0.05, 0) is 37.1 Å². The van der Waals surface area contributed by atoms with Crippen molar-refractivity contribution in [2.75, 3.05) is 18.8 Å². The Kier molecular flexibility index (Phi) is 4.89. The summed E-state index contributed by atoms with van der Waals surface area (Å²) in [6.07, 6.45) is 6.20. The van der Waals surface area contributed by atoms with E-state index >= 15 is 0 Å². The van der Waals surface area contributed by atoms with Gasteiger partial charge in [0, 0.05) is 31.4 Å². The summed E-state index contributed by atoms with van der Waals surface area (Å²) in [7, 11) is 0. The lowest BCUT2D eigenvalue weighted by Crippen LogP contribution is -2.42. The molecule has 0 bridgehead atoms. The molecule has 3 heterocycles. The van der Waals surface area contributed by atoms with Gasteiger partial charge in [-0.15, -0.1) is 0 Å². The molecular weight excluding hydrogens is 354 g/mol. The Balaban J connectivity index is 1.52. The van der Waals surface area contributed by atoms with E-state index in [1.54, 1.807) is 34.1 Å². The zero-order valence-corrected chi connectivity index (χ0v) is 15.4. The molecule has 1 aliphatic heterocycles. The molecule has 1 aromatic carbocycles. The second-order valence-electron chi connectivity index (χ2n) is 6.89. The molecule has 142 valence electrons. The van der Waals surface area contributed by atoms with Crippen molar-refractivity contribution in [3.05, 3.63) is 72.2 Å². The molecule has 0 unspecified atom stereocenters.